The Labute approximate surface area is 120 Å². The van der Waals surface area contributed by atoms with Crippen molar-refractivity contribution >= 4 is 65.8 Å². The van der Waals surface area contributed by atoms with Gasteiger partial charge in [0.2, 0.25) is 0 Å². The molecule has 1 atom stereocenters. The molecule has 0 amide bonds. The van der Waals surface area contributed by atoms with Crippen molar-refractivity contribution < 1.29 is 18.7 Å². The second-order valence-electron chi connectivity index (χ2n) is 2.91. The summed E-state index contributed by atoms with van der Waals surface area (Å²) >= 11 is 3.07. The Kier molecular flexibility index (Phi) is 4.12. The fourth-order valence-corrected chi connectivity index (χ4v) is 4.64. The van der Waals surface area contributed by atoms with Crippen molar-refractivity contribution in [1.82, 2.24) is 4.98 Å². The summed E-state index contributed by atoms with van der Waals surface area (Å²) in [5, 5.41) is 11.3. The maximum atomic E-state index is 11.4. The number of carbonyl (C=O) groups is 1. The average molecular weight is 369 g/mol. The Morgan fingerprint density at radius 1 is 1.44 bits per heavy atom. The molecule has 1 unspecified atom stereocenters. The highest BCUT2D eigenvalue weighted by Crippen LogP contribution is 2.40. The zero-order valence-electron chi connectivity index (χ0n) is 8.44. The quantitative estimate of drug-likeness (QED) is 0.809. The average Bonchev–Trinajstić information content (AvgIpc) is 2.89. The summed E-state index contributed by atoms with van der Waals surface area (Å²) < 4.78 is 22.4. The van der Waals surface area contributed by atoms with Crippen LogP contribution in [0, 0.1) is 0 Å². The predicted octanol–water partition coefficient (Wildman–Crippen LogP) is 2.94. The fraction of sp³-hybridized carbons (Fsp3) is 0. The zero-order chi connectivity index (χ0) is 13.3. The maximum absolute atomic E-state index is 11.4. The number of aromatic nitrogens is 1. The maximum Gasteiger partial charge on any atom is 0.357 e. The number of carboxylic acid groups (broad SMARTS) is 1. The fourth-order valence-electron chi connectivity index (χ4n) is 1.20. The van der Waals surface area contributed by atoms with Gasteiger partial charge in [-0.25, -0.2) is 18.3 Å². The van der Waals surface area contributed by atoms with E-state index in [1.807, 2.05) is 0 Å². The van der Waals surface area contributed by atoms with Crippen molar-refractivity contribution in [3.05, 3.63) is 27.1 Å². The van der Waals surface area contributed by atoms with Crippen molar-refractivity contribution in [1.29, 1.82) is 0 Å². The summed E-state index contributed by atoms with van der Waals surface area (Å²) in [6.07, 6.45) is 0. The summed E-state index contributed by atoms with van der Waals surface area (Å²) in [5.41, 5.74) is 1.07. The molecule has 2 aromatic rings. The highest BCUT2D eigenvalue weighted by molar-refractivity contribution is 9.10. The number of thiazole rings is 1. The first-order chi connectivity index (χ1) is 8.52. The van der Waals surface area contributed by atoms with E-state index in [2.05, 4.69) is 20.9 Å². The SMILES string of the molecule is O=C(O)c1ncsc1N(c1sccc1Br)S(=O)O. The lowest BCUT2D eigenvalue weighted by atomic mass is 10.4. The van der Waals surface area contributed by atoms with Gasteiger partial charge in [-0.3, -0.25) is 4.55 Å². The molecular formula is C8H5BrN2O4S3. The second kappa shape index (κ2) is 5.45. The summed E-state index contributed by atoms with van der Waals surface area (Å²) in [4.78, 5) is 14.7. The van der Waals surface area contributed by atoms with Crippen molar-refractivity contribution in [2.75, 3.05) is 4.31 Å². The van der Waals surface area contributed by atoms with Gasteiger partial charge in [-0.1, -0.05) is 0 Å². The monoisotopic (exact) mass is 368 g/mol. The molecule has 96 valence electrons. The molecule has 0 aliphatic rings. The number of carboxylic acids is 1. The van der Waals surface area contributed by atoms with Gasteiger partial charge in [0.25, 0.3) is 11.3 Å². The predicted molar refractivity (Wildman–Crippen MR) is 74.0 cm³/mol. The number of halogens is 1. The van der Waals surface area contributed by atoms with E-state index in [1.54, 1.807) is 11.4 Å². The van der Waals surface area contributed by atoms with Crippen LogP contribution in [0.25, 0.3) is 0 Å². The van der Waals surface area contributed by atoms with Crippen LogP contribution < -0.4 is 4.31 Å². The highest BCUT2D eigenvalue weighted by atomic mass is 79.9. The molecule has 0 saturated carbocycles. The van der Waals surface area contributed by atoms with Crippen LogP contribution in [0.4, 0.5) is 10.0 Å². The van der Waals surface area contributed by atoms with Gasteiger partial charge in [0, 0.05) is 0 Å². The molecule has 0 aliphatic carbocycles. The molecule has 10 heteroatoms. The van der Waals surface area contributed by atoms with Crippen molar-refractivity contribution in [3.8, 4) is 0 Å². The summed E-state index contributed by atoms with van der Waals surface area (Å²) in [6, 6.07) is 1.71. The Balaban J connectivity index is 2.56. The van der Waals surface area contributed by atoms with Crippen LogP contribution in [0.3, 0.4) is 0 Å². The van der Waals surface area contributed by atoms with E-state index in [4.69, 9.17) is 5.11 Å². The lowest BCUT2D eigenvalue weighted by Crippen LogP contribution is -2.19. The molecule has 6 nitrogen and oxygen atoms in total. The Bertz CT molecular complexity index is 611. The third-order valence-electron chi connectivity index (χ3n) is 1.87. The van der Waals surface area contributed by atoms with Gasteiger partial charge < -0.3 is 5.11 Å². The third-order valence-corrected chi connectivity index (χ3v) is 5.39. The number of nitrogens with zero attached hydrogens (tertiary/aromatic N) is 2. The molecule has 2 rings (SSSR count). The van der Waals surface area contributed by atoms with Crippen LogP contribution in [0.2, 0.25) is 0 Å². The first-order valence-electron chi connectivity index (χ1n) is 4.33. The zero-order valence-corrected chi connectivity index (χ0v) is 12.5. The van der Waals surface area contributed by atoms with E-state index >= 15 is 0 Å². The molecule has 0 aromatic carbocycles. The molecule has 0 fully saturated rings. The van der Waals surface area contributed by atoms with Crippen molar-refractivity contribution in [2.24, 2.45) is 0 Å². The van der Waals surface area contributed by atoms with Gasteiger partial charge in [-0.05, 0) is 27.4 Å². The first kappa shape index (κ1) is 13.6. The molecule has 2 aromatic heterocycles. The molecule has 0 aliphatic heterocycles. The van der Waals surface area contributed by atoms with Crippen LogP contribution in [0.15, 0.2) is 21.4 Å². The minimum Gasteiger partial charge on any atom is -0.476 e. The lowest BCUT2D eigenvalue weighted by Gasteiger charge is -2.16. The van der Waals surface area contributed by atoms with Crippen LogP contribution in [0.1, 0.15) is 10.5 Å². The normalized spacial score (nSPS) is 12.3. The number of hydrogen-bond donors (Lipinski definition) is 2. The Hall–Kier alpha value is -0.810. The Morgan fingerprint density at radius 2 is 2.17 bits per heavy atom. The summed E-state index contributed by atoms with van der Waals surface area (Å²) in [6.45, 7) is 0. The summed E-state index contributed by atoms with van der Waals surface area (Å²) in [7, 11) is 0. The van der Waals surface area contributed by atoms with E-state index in [1.165, 1.54) is 16.8 Å². The van der Waals surface area contributed by atoms with Crippen LogP contribution >= 0.6 is 38.6 Å². The topological polar surface area (TPSA) is 90.7 Å². The van der Waals surface area contributed by atoms with Crippen LogP contribution in [-0.2, 0) is 11.3 Å². The van der Waals surface area contributed by atoms with E-state index in [0.29, 0.717) is 9.47 Å². The van der Waals surface area contributed by atoms with Gasteiger partial charge in [0.15, 0.2) is 5.69 Å². The van der Waals surface area contributed by atoms with E-state index < -0.39 is 17.2 Å². The summed E-state index contributed by atoms with van der Waals surface area (Å²) in [5.74, 6) is -1.24. The van der Waals surface area contributed by atoms with E-state index in [9.17, 15) is 13.6 Å². The minimum atomic E-state index is -2.38. The highest BCUT2D eigenvalue weighted by Gasteiger charge is 2.26. The molecule has 0 saturated heterocycles. The standard InChI is InChI=1S/C8H5BrN2O4S3/c9-4-1-2-16-6(4)11(18(14)15)7-5(8(12)13)10-3-17-7/h1-3H,(H,12,13)(H,14,15). The molecule has 0 bridgehead atoms. The third kappa shape index (κ3) is 2.47. The van der Waals surface area contributed by atoms with Gasteiger partial charge in [0.05, 0.1) is 9.98 Å². The molecule has 0 spiro atoms. The number of hydrogen-bond acceptors (Lipinski definition) is 5. The first-order valence-corrected chi connectivity index (χ1v) is 7.95. The molecule has 18 heavy (non-hydrogen) atoms. The smallest absolute Gasteiger partial charge is 0.357 e. The Morgan fingerprint density at radius 3 is 2.67 bits per heavy atom. The number of anilines is 2. The molecule has 0 radical (unpaired) electrons. The van der Waals surface area contributed by atoms with Crippen molar-refractivity contribution in [3.63, 3.8) is 0 Å². The van der Waals surface area contributed by atoms with Gasteiger partial charge in [-0.2, -0.15) is 0 Å². The molecule has 2 N–H and O–H groups in total. The number of thiophene rings is 1. The second-order valence-corrected chi connectivity index (χ2v) is 6.32. The molecule has 2 heterocycles. The van der Waals surface area contributed by atoms with Crippen LogP contribution in [-0.4, -0.2) is 24.8 Å². The van der Waals surface area contributed by atoms with Crippen LogP contribution in [0.5, 0.6) is 0 Å². The lowest BCUT2D eigenvalue weighted by molar-refractivity contribution is 0.0692. The number of aromatic carboxylic acids is 1. The largest absolute Gasteiger partial charge is 0.476 e. The van der Waals surface area contributed by atoms with E-state index in [0.717, 1.165) is 15.6 Å². The van der Waals surface area contributed by atoms with Gasteiger partial charge in [-0.15, -0.1) is 22.7 Å². The minimum absolute atomic E-state index is 0.117. The van der Waals surface area contributed by atoms with E-state index in [-0.39, 0.29) is 10.7 Å². The number of rotatable bonds is 4. The van der Waals surface area contributed by atoms with Gasteiger partial charge >= 0.3 is 5.97 Å². The van der Waals surface area contributed by atoms with Gasteiger partial charge in [0.1, 0.15) is 10.0 Å². The molecular weight excluding hydrogens is 364 g/mol. The van der Waals surface area contributed by atoms with Crippen molar-refractivity contribution in [2.45, 2.75) is 0 Å².